The molecule has 1 aromatic heterocycles. The quantitative estimate of drug-likeness (QED) is 0.883. The molecular weight excluding hydrogens is 230 g/mol. The van der Waals surface area contributed by atoms with Crippen LogP contribution >= 0.6 is 11.3 Å². The van der Waals surface area contributed by atoms with Crippen LogP contribution in [0.4, 0.5) is 0 Å². The van der Waals surface area contributed by atoms with Crippen molar-refractivity contribution in [3.05, 3.63) is 57.3 Å². The molecule has 0 bridgehead atoms. The Kier molecular flexibility index (Phi) is 3.59. The van der Waals surface area contributed by atoms with Crippen LogP contribution in [0.3, 0.4) is 0 Å². The van der Waals surface area contributed by atoms with Gasteiger partial charge in [-0.3, -0.25) is 4.79 Å². The molecule has 0 saturated heterocycles. The van der Waals surface area contributed by atoms with E-state index < -0.39 is 0 Å². The Morgan fingerprint density at radius 1 is 1.24 bits per heavy atom. The number of hydrogen-bond acceptors (Lipinski definition) is 2. The van der Waals surface area contributed by atoms with Gasteiger partial charge in [-0.25, -0.2) is 0 Å². The van der Waals surface area contributed by atoms with E-state index in [0.717, 1.165) is 15.3 Å². The van der Waals surface area contributed by atoms with Crippen LogP contribution in [0.1, 0.15) is 25.7 Å². The van der Waals surface area contributed by atoms with E-state index >= 15 is 0 Å². The Bertz CT molecular complexity index is 531. The van der Waals surface area contributed by atoms with E-state index in [1.807, 2.05) is 44.2 Å². The first kappa shape index (κ1) is 11.9. The highest BCUT2D eigenvalue weighted by molar-refractivity contribution is 7.13. The molecule has 0 spiro atoms. The third-order valence-electron chi connectivity index (χ3n) is 2.50. The van der Waals surface area contributed by atoms with E-state index in [4.69, 9.17) is 0 Å². The molecular formula is C14H15NOS. The number of amides is 1. The summed E-state index contributed by atoms with van der Waals surface area (Å²) in [6.45, 7) is 4.63. The summed E-state index contributed by atoms with van der Waals surface area (Å²) in [6, 6.07) is 12.0. The minimum absolute atomic E-state index is 0.00426. The number of aryl methyl sites for hydroxylation is 2. The first-order valence-corrected chi connectivity index (χ1v) is 6.37. The van der Waals surface area contributed by atoms with Crippen molar-refractivity contribution < 1.29 is 4.79 Å². The summed E-state index contributed by atoms with van der Waals surface area (Å²) in [5.41, 5.74) is 2.34. The lowest BCUT2D eigenvalue weighted by Gasteiger charge is -2.04. The predicted molar refractivity (Wildman–Crippen MR) is 71.4 cm³/mol. The minimum atomic E-state index is 0.00426. The van der Waals surface area contributed by atoms with Gasteiger partial charge in [0.25, 0.3) is 5.91 Å². The number of nitrogens with one attached hydrogen (secondary N) is 1. The van der Waals surface area contributed by atoms with Crippen molar-refractivity contribution in [2.45, 2.75) is 20.4 Å². The molecule has 0 aliphatic heterocycles. The topological polar surface area (TPSA) is 29.1 Å². The molecule has 0 fully saturated rings. The molecule has 0 aliphatic rings. The monoisotopic (exact) mass is 245 g/mol. The van der Waals surface area contributed by atoms with Gasteiger partial charge in [-0.05, 0) is 31.5 Å². The maximum Gasteiger partial charge on any atom is 0.261 e. The molecule has 88 valence electrons. The predicted octanol–water partition coefficient (Wildman–Crippen LogP) is 3.29. The van der Waals surface area contributed by atoms with Gasteiger partial charge in [-0.1, -0.05) is 29.8 Å². The highest BCUT2D eigenvalue weighted by atomic mass is 32.1. The summed E-state index contributed by atoms with van der Waals surface area (Å²) in [6.07, 6.45) is 0. The minimum Gasteiger partial charge on any atom is -0.347 e. The van der Waals surface area contributed by atoms with E-state index in [0.29, 0.717) is 6.54 Å². The smallest absolute Gasteiger partial charge is 0.261 e. The molecule has 0 saturated carbocycles. The van der Waals surface area contributed by atoms with Crippen molar-refractivity contribution in [1.82, 2.24) is 5.32 Å². The van der Waals surface area contributed by atoms with Crippen LogP contribution in [0, 0.1) is 13.8 Å². The lowest BCUT2D eigenvalue weighted by atomic mass is 10.1. The molecule has 17 heavy (non-hydrogen) atoms. The Balaban J connectivity index is 1.97. The van der Waals surface area contributed by atoms with Crippen LogP contribution in [0.2, 0.25) is 0 Å². The summed E-state index contributed by atoms with van der Waals surface area (Å²) in [4.78, 5) is 13.7. The fraction of sp³-hybridized carbons (Fsp3) is 0.214. The molecule has 1 heterocycles. The number of thiophene rings is 1. The van der Waals surface area contributed by atoms with Crippen LogP contribution in [0.25, 0.3) is 0 Å². The molecule has 1 amide bonds. The first-order chi connectivity index (χ1) is 8.15. The van der Waals surface area contributed by atoms with Crippen molar-refractivity contribution in [2.24, 2.45) is 0 Å². The van der Waals surface area contributed by atoms with E-state index in [1.54, 1.807) is 0 Å². The van der Waals surface area contributed by atoms with Crippen molar-refractivity contribution in [1.29, 1.82) is 0 Å². The fourth-order valence-electron chi connectivity index (χ4n) is 1.65. The Hall–Kier alpha value is -1.61. The zero-order valence-electron chi connectivity index (χ0n) is 9.99. The Labute approximate surface area is 105 Å². The van der Waals surface area contributed by atoms with Crippen LogP contribution in [0.5, 0.6) is 0 Å². The molecule has 1 aromatic carbocycles. The molecule has 3 heteroatoms. The van der Waals surface area contributed by atoms with Crippen molar-refractivity contribution >= 4 is 17.2 Å². The van der Waals surface area contributed by atoms with Gasteiger partial charge in [0.1, 0.15) is 0 Å². The molecule has 0 aliphatic carbocycles. The number of benzene rings is 1. The summed E-state index contributed by atoms with van der Waals surface area (Å²) >= 11 is 1.52. The number of carbonyl (C=O) groups is 1. The van der Waals surface area contributed by atoms with Gasteiger partial charge in [0, 0.05) is 11.4 Å². The summed E-state index contributed by atoms with van der Waals surface area (Å²) in [5.74, 6) is 0.00426. The molecule has 2 nitrogen and oxygen atoms in total. The summed E-state index contributed by atoms with van der Waals surface area (Å²) in [5, 5.41) is 2.93. The van der Waals surface area contributed by atoms with E-state index in [9.17, 15) is 4.79 Å². The Morgan fingerprint density at radius 2 is 2.06 bits per heavy atom. The summed E-state index contributed by atoms with van der Waals surface area (Å²) in [7, 11) is 0. The Morgan fingerprint density at radius 3 is 2.71 bits per heavy atom. The molecule has 0 atom stereocenters. The largest absolute Gasteiger partial charge is 0.347 e. The molecule has 0 unspecified atom stereocenters. The average molecular weight is 245 g/mol. The van der Waals surface area contributed by atoms with E-state index in [-0.39, 0.29) is 5.91 Å². The zero-order valence-corrected chi connectivity index (χ0v) is 10.8. The standard InChI is InChI=1S/C14H15NOS/c1-10-4-3-5-12(8-10)9-15-14(16)13-7-6-11(2)17-13/h3-8H,9H2,1-2H3,(H,15,16). The maximum absolute atomic E-state index is 11.8. The summed E-state index contributed by atoms with van der Waals surface area (Å²) < 4.78 is 0. The van der Waals surface area contributed by atoms with Crippen LogP contribution in [-0.4, -0.2) is 5.91 Å². The van der Waals surface area contributed by atoms with E-state index in [1.165, 1.54) is 16.9 Å². The van der Waals surface area contributed by atoms with Crippen molar-refractivity contribution in [2.75, 3.05) is 0 Å². The highest BCUT2D eigenvalue weighted by Gasteiger charge is 2.07. The molecule has 2 rings (SSSR count). The maximum atomic E-state index is 11.8. The third kappa shape index (κ3) is 3.17. The fourth-order valence-corrected chi connectivity index (χ4v) is 2.43. The van der Waals surface area contributed by atoms with Gasteiger partial charge in [-0.15, -0.1) is 11.3 Å². The van der Waals surface area contributed by atoms with Gasteiger partial charge >= 0.3 is 0 Å². The van der Waals surface area contributed by atoms with Gasteiger partial charge in [0.15, 0.2) is 0 Å². The average Bonchev–Trinajstić information content (AvgIpc) is 2.73. The lowest BCUT2D eigenvalue weighted by Crippen LogP contribution is -2.21. The van der Waals surface area contributed by atoms with E-state index in [2.05, 4.69) is 11.4 Å². The highest BCUT2D eigenvalue weighted by Crippen LogP contribution is 2.14. The number of rotatable bonds is 3. The molecule has 0 radical (unpaired) electrons. The number of hydrogen-bond donors (Lipinski definition) is 1. The third-order valence-corrected chi connectivity index (χ3v) is 3.50. The molecule has 1 N–H and O–H groups in total. The second-order valence-electron chi connectivity index (χ2n) is 4.08. The van der Waals surface area contributed by atoms with Crippen LogP contribution in [-0.2, 0) is 6.54 Å². The van der Waals surface area contributed by atoms with Gasteiger partial charge in [0.2, 0.25) is 0 Å². The molecule has 2 aromatic rings. The van der Waals surface area contributed by atoms with Gasteiger partial charge in [0.05, 0.1) is 4.88 Å². The second-order valence-corrected chi connectivity index (χ2v) is 5.37. The number of carbonyl (C=O) groups excluding carboxylic acids is 1. The van der Waals surface area contributed by atoms with Gasteiger partial charge in [-0.2, -0.15) is 0 Å². The first-order valence-electron chi connectivity index (χ1n) is 5.55. The second kappa shape index (κ2) is 5.15. The van der Waals surface area contributed by atoms with Crippen LogP contribution in [0.15, 0.2) is 36.4 Å². The van der Waals surface area contributed by atoms with Crippen LogP contribution < -0.4 is 5.32 Å². The lowest BCUT2D eigenvalue weighted by molar-refractivity contribution is 0.0955. The normalized spacial score (nSPS) is 10.2. The van der Waals surface area contributed by atoms with Gasteiger partial charge < -0.3 is 5.32 Å². The van der Waals surface area contributed by atoms with Crippen molar-refractivity contribution in [3.63, 3.8) is 0 Å². The zero-order chi connectivity index (χ0) is 12.3. The SMILES string of the molecule is Cc1cccc(CNC(=O)c2ccc(C)s2)c1. The van der Waals surface area contributed by atoms with Crippen molar-refractivity contribution in [3.8, 4) is 0 Å².